The average molecular weight is 254 g/mol. The molecule has 4 nitrogen and oxygen atoms in total. The predicted octanol–water partition coefficient (Wildman–Crippen LogP) is 2.43. The van der Waals surface area contributed by atoms with Gasteiger partial charge in [0.15, 0.2) is 0 Å². The Balaban J connectivity index is 1.63. The molecule has 0 atom stereocenters. The van der Waals surface area contributed by atoms with Gasteiger partial charge in [0, 0.05) is 44.0 Å². The number of anilines is 1. The molecule has 0 saturated heterocycles. The van der Waals surface area contributed by atoms with Crippen molar-refractivity contribution < 1.29 is 0 Å². The van der Waals surface area contributed by atoms with Crippen LogP contribution in [-0.2, 0) is 6.42 Å². The fraction of sp³-hybridized carbons (Fsp3) is 0.400. The highest BCUT2D eigenvalue weighted by atomic mass is 15.2. The summed E-state index contributed by atoms with van der Waals surface area (Å²) in [6.07, 6.45) is 7.11. The summed E-state index contributed by atoms with van der Waals surface area (Å²) in [5.74, 6) is 2.61. The first kappa shape index (κ1) is 12.1. The van der Waals surface area contributed by atoms with Gasteiger partial charge in [0.25, 0.3) is 0 Å². The lowest BCUT2D eigenvalue weighted by molar-refractivity contribution is 0.820. The fourth-order valence-corrected chi connectivity index (χ4v) is 2.06. The molecule has 3 rings (SSSR count). The van der Waals surface area contributed by atoms with Gasteiger partial charge in [-0.2, -0.15) is 0 Å². The second kappa shape index (κ2) is 5.34. The van der Waals surface area contributed by atoms with Crippen molar-refractivity contribution in [2.24, 2.45) is 0 Å². The van der Waals surface area contributed by atoms with Crippen LogP contribution in [0.15, 0.2) is 36.7 Å². The summed E-state index contributed by atoms with van der Waals surface area (Å²) in [5.41, 5.74) is 1.12. The number of hydrogen-bond donors (Lipinski definition) is 0. The molecule has 0 amide bonds. The van der Waals surface area contributed by atoms with Crippen molar-refractivity contribution in [3.05, 3.63) is 48.2 Å². The van der Waals surface area contributed by atoms with E-state index in [2.05, 4.69) is 33.0 Å². The van der Waals surface area contributed by atoms with Crippen LogP contribution in [0.3, 0.4) is 0 Å². The van der Waals surface area contributed by atoms with Gasteiger partial charge in [0.2, 0.25) is 0 Å². The maximum atomic E-state index is 4.64. The molecule has 1 aliphatic carbocycles. The van der Waals surface area contributed by atoms with Crippen LogP contribution in [-0.4, -0.2) is 28.5 Å². The van der Waals surface area contributed by atoms with Gasteiger partial charge in [-0.3, -0.25) is 4.98 Å². The van der Waals surface area contributed by atoms with E-state index in [0.29, 0.717) is 5.92 Å². The summed E-state index contributed by atoms with van der Waals surface area (Å²) in [7, 11) is 2.07. The smallest absolute Gasteiger partial charge is 0.133 e. The molecule has 0 bridgehead atoms. The zero-order valence-electron chi connectivity index (χ0n) is 11.2. The highest BCUT2D eigenvalue weighted by Crippen LogP contribution is 2.38. The largest absolute Gasteiger partial charge is 0.359 e. The average Bonchev–Trinajstić information content (AvgIpc) is 3.31. The maximum absolute atomic E-state index is 4.64. The van der Waals surface area contributed by atoms with Crippen LogP contribution >= 0.6 is 0 Å². The van der Waals surface area contributed by atoms with E-state index in [-0.39, 0.29) is 0 Å². The van der Waals surface area contributed by atoms with Crippen LogP contribution in [0.5, 0.6) is 0 Å². The van der Waals surface area contributed by atoms with Gasteiger partial charge >= 0.3 is 0 Å². The molecular formula is C15H18N4. The lowest BCUT2D eigenvalue weighted by Crippen LogP contribution is -2.22. The van der Waals surface area contributed by atoms with Crippen LogP contribution in [0.4, 0.5) is 5.82 Å². The third-order valence-corrected chi connectivity index (χ3v) is 3.42. The lowest BCUT2D eigenvalue weighted by atomic mass is 10.2. The molecule has 19 heavy (non-hydrogen) atoms. The summed E-state index contributed by atoms with van der Waals surface area (Å²) in [4.78, 5) is 15.5. The molecular weight excluding hydrogens is 236 g/mol. The molecule has 1 saturated carbocycles. The molecule has 0 unspecified atom stereocenters. The van der Waals surface area contributed by atoms with Crippen LogP contribution in [0.2, 0.25) is 0 Å². The van der Waals surface area contributed by atoms with Gasteiger partial charge in [0.1, 0.15) is 11.6 Å². The maximum Gasteiger partial charge on any atom is 0.133 e. The minimum atomic E-state index is 0.601. The normalized spacial score (nSPS) is 14.4. The standard InChI is InChI=1S/C15H18N4/c1-19(11-8-13-4-2-3-9-16-13)14-7-10-17-15(18-14)12-5-6-12/h2-4,7,9-10,12H,5-6,8,11H2,1H3. The zero-order valence-corrected chi connectivity index (χ0v) is 11.2. The molecule has 0 radical (unpaired) electrons. The van der Waals surface area contributed by atoms with E-state index >= 15 is 0 Å². The fourth-order valence-electron chi connectivity index (χ4n) is 2.06. The Kier molecular flexibility index (Phi) is 3.40. The topological polar surface area (TPSA) is 41.9 Å². The van der Waals surface area contributed by atoms with Crippen molar-refractivity contribution in [2.45, 2.75) is 25.2 Å². The van der Waals surface area contributed by atoms with Crippen LogP contribution in [0.1, 0.15) is 30.3 Å². The Labute approximate surface area is 113 Å². The van der Waals surface area contributed by atoms with E-state index < -0.39 is 0 Å². The minimum absolute atomic E-state index is 0.601. The number of nitrogens with zero attached hydrogens (tertiary/aromatic N) is 4. The Bertz CT molecular complexity index is 537. The Morgan fingerprint density at radius 2 is 2.05 bits per heavy atom. The van der Waals surface area contributed by atoms with E-state index in [1.807, 2.05) is 30.6 Å². The molecule has 1 aliphatic rings. The van der Waals surface area contributed by atoms with E-state index in [4.69, 9.17) is 0 Å². The summed E-state index contributed by atoms with van der Waals surface area (Å²) in [5, 5.41) is 0. The summed E-state index contributed by atoms with van der Waals surface area (Å²) in [6, 6.07) is 8.01. The molecule has 2 heterocycles. The monoisotopic (exact) mass is 254 g/mol. The quantitative estimate of drug-likeness (QED) is 0.821. The number of hydrogen-bond acceptors (Lipinski definition) is 4. The summed E-state index contributed by atoms with van der Waals surface area (Å²) in [6.45, 7) is 0.915. The molecule has 0 N–H and O–H groups in total. The van der Waals surface area contributed by atoms with Gasteiger partial charge in [-0.05, 0) is 31.0 Å². The molecule has 0 aliphatic heterocycles. The van der Waals surface area contributed by atoms with Crippen molar-refractivity contribution in [2.75, 3.05) is 18.5 Å². The Morgan fingerprint density at radius 1 is 1.16 bits per heavy atom. The Hall–Kier alpha value is -1.97. The first-order valence-electron chi connectivity index (χ1n) is 6.77. The molecule has 2 aromatic heterocycles. The third-order valence-electron chi connectivity index (χ3n) is 3.42. The van der Waals surface area contributed by atoms with E-state index in [9.17, 15) is 0 Å². The number of pyridine rings is 1. The van der Waals surface area contributed by atoms with Crippen molar-refractivity contribution in [1.82, 2.24) is 15.0 Å². The molecule has 0 aromatic carbocycles. The van der Waals surface area contributed by atoms with Crippen molar-refractivity contribution in [3.8, 4) is 0 Å². The van der Waals surface area contributed by atoms with Gasteiger partial charge in [-0.25, -0.2) is 9.97 Å². The van der Waals surface area contributed by atoms with Crippen LogP contribution in [0.25, 0.3) is 0 Å². The predicted molar refractivity (Wildman–Crippen MR) is 75.2 cm³/mol. The van der Waals surface area contributed by atoms with Crippen LogP contribution < -0.4 is 4.90 Å². The number of likely N-dealkylation sites (N-methyl/N-ethyl adjacent to an activating group) is 1. The van der Waals surface area contributed by atoms with Gasteiger partial charge in [0.05, 0.1) is 0 Å². The third kappa shape index (κ3) is 3.08. The SMILES string of the molecule is CN(CCc1ccccn1)c1ccnc(C2CC2)n1. The van der Waals surface area contributed by atoms with Crippen molar-refractivity contribution in [1.29, 1.82) is 0 Å². The first-order chi connectivity index (χ1) is 9.33. The summed E-state index contributed by atoms with van der Waals surface area (Å²) < 4.78 is 0. The van der Waals surface area contributed by atoms with Crippen molar-refractivity contribution in [3.63, 3.8) is 0 Å². The number of aromatic nitrogens is 3. The molecule has 4 heteroatoms. The second-order valence-electron chi connectivity index (χ2n) is 5.04. The van der Waals surface area contributed by atoms with Crippen molar-refractivity contribution >= 4 is 5.82 Å². The van der Waals surface area contributed by atoms with Gasteiger partial charge < -0.3 is 4.90 Å². The minimum Gasteiger partial charge on any atom is -0.359 e. The molecule has 1 fully saturated rings. The lowest BCUT2D eigenvalue weighted by Gasteiger charge is -2.18. The highest BCUT2D eigenvalue weighted by molar-refractivity contribution is 5.37. The van der Waals surface area contributed by atoms with E-state index in [1.165, 1.54) is 12.8 Å². The van der Waals surface area contributed by atoms with Crippen LogP contribution in [0, 0.1) is 0 Å². The highest BCUT2D eigenvalue weighted by Gasteiger charge is 2.26. The van der Waals surface area contributed by atoms with Gasteiger partial charge in [-0.15, -0.1) is 0 Å². The molecule has 2 aromatic rings. The van der Waals surface area contributed by atoms with E-state index in [1.54, 1.807) is 0 Å². The molecule has 98 valence electrons. The molecule has 0 spiro atoms. The second-order valence-corrected chi connectivity index (χ2v) is 5.04. The number of rotatable bonds is 5. The Morgan fingerprint density at radius 3 is 2.79 bits per heavy atom. The van der Waals surface area contributed by atoms with E-state index in [0.717, 1.165) is 30.3 Å². The summed E-state index contributed by atoms with van der Waals surface area (Å²) >= 11 is 0. The zero-order chi connectivity index (χ0) is 13.1. The first-order valence-corrected chi connectivity index (χ1v) is 6.77. The van der Waals surface area contributed by atoms with Gasteiger partial charge in [-0.1, -0.05) is 6.07 Å².